The molecule has 0 aliphatic rings. The van der Waals surface area contributed by atoms with E-state index < -0.39 is 0 Å². The van der Waals surface area contributed by atoms with Gasteiger partial charge < -0.3 is 14.8 Å². The molecular formula is C23H20ClN3O3S. The Balaban J connectivity index is 1.64. The zero-order chi connectivity index (χ0) is 22.2. The molecule has 8 heteroatoms. The van der Waals surface area contributed by atoms with E-state index in [0.717, 1.165) is 11.3 Å². The first kappa shape index (κ1) is 22.5. The Kier molecular flexibility index (Phi) is 7.76. The lowest BCUT2D eigenvalue weighted by molar-refractivity contribution is -0.115. The average Bonchev–Trinajstić information content (AvgIpc) is 2.79. The van der Waals surface area contributed by atoms with E-state index in [-0.39, 0.29) is 12.3 Å². The van der Waals surface area contributed by atoms with Crippen LogP contribution in [0.15, 0.2) is 59.6 Å². The molecule has 3 aromatic rings. The fourth-order valence-electron chi connectivity index (χ4n) is 2.76. The quantitative estimate of drug-likeness (QED) is 0.459. The van der Waals surface area contributed by atoms with Gasteiger partial charge in [0.15, 0.2) is 0 Å². The predicted octanol–water partition coefficient (Wildman–Crippen LogP) is 5.41. The minimum absolute atomic E-state index is 0.157. The molecule has 0 fully saturated rings. The smallest absolute Gasteiger partial charge is 0.225 e. The van der Waals surface area contributed by atoms with Gasteiger partial charge in [0.05, 0.1) is 25.5 Å². The largest absolute Gasteiger partial charge is 0.497 e. The molecule has 0 saturated heterocycles. The van der Waals surface area contributed by atoms with Crippen LogP contribution < -0.4 is 14.8 Å². The maximum absolute atomic E-state index is 12.4. The lowest BCUT2D eigenvalue weighted by Gasteiger charge is -2.10. The molecule has 0 saturated carbocycles. The number of anilines is 1. The molecule has 158 valence electrons. The Morgan fingerprint density at radius 3 is 2.39 bits per heavy atom. The summed E-state index contributed by atoms with van der Waals surface area (Å²) in [6.45, 7) is 0. The summed E-state index contributed by atoms with van der Waals surface area (Å²) in [6.07, 6.45) is 0.252. The van der Waals surface area contributed by atoms with E-state index in [1.807, 2.05) is 12.1 Å². The molecule has 1 heterocycles. The first-order valence-corrected chi connectivity index (χ1v) is 10.7. The van der Waals surface area contributed by atoms with Crippen molar-refractivity contribution >= 4 is 35.0 Å². The van der Waals surface area contributed by atoms with Crippen molar-refractivity contribution in [2.75, 3.05) is 25.3 Å². The highest BCUT2D eigenvalue weighted by molar-refractivity contribution is 7.99. The normalized spacial score (nSPS) is 10.3. The predicted molar refractivity (Wildman–Crippen MR) is 123 cm³/mol. The fourth-order valence-corrected chi connectivity index (χ4v) is 3.80. The number of ether oxygens (including phenoxy) is 2. The molecular weight excluding hydrogens is 434 g/mol. The molecule has 0 bridgehead atoms. The van der Waals surface area contributed by atoms with Crippen molar-refractivity contribution in [3.63, 3.8) is 0 Å². The van der Waals surface area contributed by atoms with Crippen molar-refractivity contribution in [2.24, 2.45) is 0 Å². The molecule has 6 nitrogen and oxygen atoms in total. The van der Waals surface area contributed by atoms with Gasteiger partial charge in [-0.3, -0.25) is 4.79 Å². The molecule has 3 rings (SSSR count). The third-order valence-corrected chi connectivity index (χ3v) is 5.57. The van der Waals surface area contributed by atoms with Gasteiger partial charge in [-0.25, -0.2) is 4.98 Å². The van der Waals surface area contributed by atoms with Gasteiger partial charge >= 0.3 is 0 Å². The minimum atomic E-state index is -0.157. The molecule has 1 amide bonds. The maximum Gasteiger partial charge on any atom is 0.225 e. The molecule has 0 aliphatic carbocycles. The third kappa shape index (κ3) is 6.14. The van der Waals surface area contributed by atoms with Gasteiger partial charge in [0.25, 0.3) is 0 Å². The molecule has 1 N–H and O–H groups in total. The zero-order valence-corrected chi connectivity index (χ0v) is 18.6. The van der Waals surface area contributed by atoms with Crippen LogP contribution >= 0.6 is 23.4 Å². The van der Waals surface area contributed by atoms with Crippen LogP contribution in [0.4, 0.5) is 5.69 Å². The second-order valence-electron chi connectivity index (χ2n) is 6.42. The Bertz CT molecular complexity index is 1090. The van der Waals surface area contributed by atoms with Crippen LogP contribution in [-0.4, -0.2) is 30.9 Å². The number of rotatable bonds is 8. The van der Waals surface area contributed by atoms with Gasteiger partial charge in [0.1, 0.15) is 22.6 Å². The van der Waals surface area contributed by atoms with Gasteiger partial charge in [0.2, 0.25) is 5.91 Å². The van der Waals surface area contributed by atoms with Crippen molar-refractivity contribution in [3.8, 4) is 28.8 Å². The number of aromatic nitrogens is 1. The van der Waals surface area contributed by atoms with Crippen LogP contribution in [0, 0.1) is 11.3 Å². The molecule has 31 heavy (non-hydrogen) atoms. The molecule has 0 aliphatic heterocycles. The highest BCUT2D eigenvalue weighted by Crippen LogP contribution is 2.28. The maximum atomic E-state index is 12.4. The summed E-state index contributed by atoms with van der Waals surface area (Å²) >= 11 is 7.32. The van der Waals surface area contributed by atoms with Gasteiger partial charge in [-0.1, -0.05) is 23.7 Å². The van der Waals surface area contributed by atoms with E-state index in [1.54, 1.807) is 56.7 Å². The number of carbonyl (C=O) groups excluding carboxylic acids is 1. The van der Waals surface area contributed by atoms with Crippen LogP contribution in [0.25, 0.3) is 11.3 Å². The van der Waals surface area contributed by atoms with Crippen LogP contribution in [0.2, 0.25) is 5.02 Å². The highest BCUT2D eigenvalue weighted by Gasteiger charge is 2.11. The van der Waals surface area contributed by atoms with Crippen molar-refractivity contribution in [3.05, 3.63) is 65.2 Å². The van der Waals surface area contributed by atoms with E-state index in [0.29, 0.717) is 38.6 Å². The number of halogens is 1. The first-order chi connectivity index (χ1) is 15.0. The van der Waals surface area contributed by atoms with Crippen LogP contribution in [0.5, 0.6) is 11.5 Å². The number of methoxy groups -OCH3 is 2. The van der Waals surface area contributed by atoms with Crippen LogP contribution in [0.3, 0.4) is 0 Å². The highest BCUT2D eigenvalue weighted by atomic mass is 35.5. The van der Waals surface area contributed by atoms with Crippen molar-refractivity contribution < 1.29 is 14.3 Å². The number of hydrogen-bond acceptors (Lipinski definition) is 6. The Labute approximate surface area is 190 Å². The number of nitrogens with zero attached hydrogens (tertiary/aromatic N) is 2. The lowest BCUT2D eigenvalue weighted by Crippen LogP contribution is -2.12. The van der Waals surface area contributed by atoms with E-state index >= 15 is 0 Å². The molecule has 1 aromatic heterocycles. The number of nitriles is 1. The summed E-state index contributed by atoms with van der Waals surface area (Å²) in [7, 11) is 3.10. The van der Waals surface area contributed by atoms with Gasteiger partial charge in [0, 0.05) is 46.6 Å². The molecule has 2 aromatic carbocycles. The van der Waals surface area contributed by atoms with Crippen molar-refractivity contribution in [1.82, 2.24) is 4.98 Å². The van der Waals surface area contributed by atoms with E-state index in [4.69, 9.17) is 21.1 Å². The number of nitrogens with one attached hydrogen (secondary N) is 1. The zero-order valence-electron chi connectivity index (χ0n) is 17.0. The van der Waals surface area contributed by atoms with Crippen molar-refractivity contribution in [2.45, 2.75) is 11.4 Å². The second-order valence-corrected chi connectivity index (χ2v) is 7.94. The number of thioether (sulfide) groups is 1. The van der Waals surface area contributed by atoms with E-state index in [9.17, 15) is 10.1 Å². The molecule has 0 spiro atoms. The fraction of sp³-hybridized carbons (Fsp3) is 0.174. The number of hydrogen-bond donors (Lipinski definition) is 1. The molecule has 0 radical (unpaired) electrons. The molecule has 0 atom stereocenters. The topological polar surface area (TPSA) is 84.2 Å². The summed E-state index contributed by atoms with van der Waals surface area (Å²) in [5.41, 5.74) is 2.71. The summed E-state index contributed by atoms with van der Waals surface area (Å²) in [5, 5.41) is 13.5. The van der Waals surface area contributed by atoms with Gasteiger partial charge in [-0.2, -0.15) is 5.26 Å². The lowest BCUT2D eigenvalue weighted by atomic mass is 10.1. The van der Waals surface area contributed by atoms with Crippen LogP contribution in [-0.2, 0) is 4.79 Å². The van der Waals surface area contributed by atoms with Gasteiger partial charge in [-0.05, 0) is 24.3 Å². The number of benzene rings is 2. The number of carbonyl (C=O) groups is 1. The third-order valence-electron chi connectivity index (χ3n) is 4.32. The summed E-state index contributed by atoms with van der Waals surface area (Å²) < 4.78 is 10.4. The van der Waals surface area contributed by atoms with E-state index in [1.165, 1.54) is 11.8 Å². The Morgan fingerprint density at radius 1 is 1.10 bits per heavy atom. The summed E-state index contributed by atoms with van der Waals surface area (Å²) in [6, 6.07) is 18.2. The van der Waals surface area contributed by atoms with Crippen LogP contribution in [0.1, 0.15) is 12.0 Å². The second kappa shape index (κ2) is 10.7. The number of amides is 1. The Morgan fingerprint density at radius 2 is 1.77 bits per heavy atom. The monoisotopic (exact) mass is 453 g/mol. The SMILES string of the molecule is COc1cc(NC(=O)CCSc2nc(-c3ccc(Cl)cc3)ccc2C#N)cc(OC)c1. The molecule has 0 unspecified atom stereocenters. The number of pyridine rings is 1. The Hall–Kier alpha value is -3.21. The summed E-state index contributed by atoms with van der Waals surface area (Å²) in [4.78, 5) is 17.0. The van der Waals surface area contributed by atoms with Gasteiger partial charge in [-0.15, -0.1) is 11.8 Å². The minimum Gasteiger partial charge on any atom is -0.497 e. The standard InChI is InChI=1S/C23H20ClN3O3S/c1-29-19-11-18(12-20(13-19)30-2)26-22(28)9-10-31-23-16(14-25)5-8-21(27-23)15-3-6-17(24)7-4-15/h3-8,11-13H,9-10H2,1-2H3,(H,26,28). The first-order valence-electron chi connectivity index (χ1n) is 9.35. The summed E-state index contributed by atoms with van der Waals surface area (Å²) in [5.74, 6) is 1.49. The van der Waals surface area contributed by atoms with E-state index in [2.05, 4.69) is 16.4 Å². The van der Waals surface area contributed by atoms with Crippen molar-refractivity contribution in [1.29, 1.82) is 5.26 Å². The average molecular weight is 454 g/mol.